The van der Waals surface area contributed by atoms with E-state index in [1.807, 2.05) is 18.2 Å². The van der Waals surface area contributed by atoms with Crippen molar-refractivity contribution in [3.05, 3.63) is 47.4 Å². The highest BCUT2D eigenvalue weighted by Gasteiger charge is 2.44. The SMILES string of the molecule is COc1ccc(C=CS(=O)(=O)NC2C3CCC(CC3)C2CC=CCCCC(=O)O)cc1. The number of ether oxygens (including phenoxy) is 1. The lowest BCUT2D eigenvalue weighted by molar-refractivity contribution is -0.137. The molecule has 2 N–H and O–H groups in total. The van der Waals surface area contributed by atoms with Crippen LogP contribution in [0.5, 0.6) is 5.75 Å². The Balaban J connectivity index is 1.61. The van der Waals surface area contributed by atoms with Crippen LogP contribution in [0.15, 0.2) is 41.8 Å². The molecule has 170 valence electrons. The lowest BCUT2D eigenvalue weighted by Crippen LogP contribution is -2.52. The molecule has 2 atom stereocenters. The summed E-state index contributed by atoms with van der Waals surface area (Å²) in [5.41, 5.74) is 0.803. The molecule has 31 heavy (non-hydrogen) atoms. The number of allylic oxidation sites excluding steroid dienone is 2. The molecule has 2 unspecified atom stereocenters. The predicted octanol–water partition coefficient (Wildman–Crippen LogP) is 4.59. The lowest BCUT2D eigenvalue weighted by Gasteiger charge is -2.48. The Bertz CT molecular complexity index is 883. The van der Waals surface area contributed by atoms with Crippen molar-refractivity contribution in [1.29, 1.82) is 0 Å². The molecule has 1 aromatic carbocycles. The van der Waals surface area contributed by atoms with Crippen LogP contribution in [0.4, 0.5) is 0 Å². The maximum Gasteiger partial charge on any atom is 0.303 e. The normalized spacial score (nSPS) is 26.0. The molecule has 0 amide bonds. The first-order valence-electron chi connectivity index (χ1n) is 11.1. The number of nitrogens with one attached hydrogen (secondary N) is 1. The fourth-order valence-electron chi connectivity index (χ4n) is 4.95. The summed E-state index contributed by atoms with van der Waals surface area (Å²) in [6.45, 7) is 0. The van der Waals surface area contributed by atoms with Crippen molar-refractivity contribution in [2.75, 3.05) is 7.11 Å². The van der Waals surface area contributed by atoms with E-state index < -0.39 is 16.0 Å². The molecular formula is C24H33NO5S. The molecule has 6 nitrogen and oxygen atoms in total. The summed E-state index contributed by atoms with van der Waals surface area (Å²) in [4.78, 5) is 10.6. The highest BCUT2D eigenvalue weighted by molar-refractivity contribution is 7.92. The highest BCUT2D eigenvalue weighted by atomic mass is 32.2. The van der Waals surface area contributed by atoms with Gasteiger partial charge in [-0.25, -0.2) is 13.1 Å². The minimum atomic E-state index is -3.55. The van der Waals surface area contributed by atoms with Gasteiger partial charge in [-0.2, -0.15) is 0 Å². The third-order valence-electron chi connectivity index (χ3n) is 6.58. The second-order valence-electron chi connectivity index (χ2n) is 8.60. The van der Waals surface area contributed by atoms with Gasteiger partial charge in [-0.05, 0) is 86.5 Å². The lowest BCUT2D eigenvalue weighted by atomic mass is 9.61. The Morgan fingerprint density at radius 2 is 1.81 bits per heavy atom. The Kier molecular flexibility index (Phi) is 8.32. The van der Waals surface area contributed by atoms with Crippen LogP contribution in [0.2, 0.25) is 0 Å². The number of rotatable bonds is 11. The van der Waals surface area contributed by atoms with E-state index in [1.54, 1.807) is 25.3 Å². The molecule has 3 aliphatic rings. The average molecular weight is 448 g/mol. The van der Waals surface area contributed by atoms with Crippen LogP contribution in [0.25, 0.3) is 6.08 Å². The van der Waals surface area contributed by atoms with Crippen LogP contribution < -0.4 is 9.46 Å². The standard InChI is InChI=1S/C24H33NO5S/c1-30-21-14-8-18(9-15-21)16-17-31(28,29)25-24-20-12-10-19(11-13-20)22(24)6-4-2-3-5-7-23(26)27/h2,4,8-9,14-17,19-20,22,24-25H,3,5-7,10-13H2,1H3,(H,26,27). The van der Waals surface area contributed by atoms with Gasteiger partial charge in [0.05, 0.1) is 7.11 Å². The van der Waals surface area contributed by atoms with E-state index in [9.17, 15) is 13.2 Å². The van der Waals surface area contributed by atoms with Gasteiger partial charge in [0.25, 0.3) is 0 Å². The summed E-state index contributed by atoms with van der Waals surface area (Å²) >= 11 is 0. The number of hydrogen-bond donors (Lipinski definition) is 2. The monoisotopic (exact) mass is 447 g/mol. The van der Waals surface area contributed by atoms with E-state index in [4.69, 9.17) is 9.84 Å². The van der Waals surface area contributed by atoms with E-state index in [0.29, 0.717) is 24.2 Å². The highest BCUT2D eigenvalue weighted by Crippen LogP contribution is 2.47. The van der Waals surface area contributed by atoms with Crippen molar-refractivity contribution in [3.63, 3.8) is 0 Å². The average Bonchev–Trinajstić information content (AvgIpc) is 2.76. The third kappa shape index (κ3) is 6.94. The largest absolute Gasteiger partial charge is 0.497 e. The van der Waals surface area contributed by atoms with E-state index in [1.165, 1.54) is 18.2 Å². The molecule has 1 aromatic rings. The van der Waals surface area contributed by atoms with E-state index in [2.05, 4.69) is 10.8 Å². The van der Waals surface area contributed by atoms with Crippen LogP contribution >= 0.6 is 0 Å². The maximum atomic E-state index is 12.8. The van der Waals surface area contributed by atoms with Gasteiger partial charge in [0.2, 0.25) is 10.0 Å². The molecule has 7 heteroatoms. The summed E-state index contributed by atoms with van der Waals surface area (Å²) in [5, 5.41) is 9.99. The van der Waals surface area contributed by atoms with E-state index >= 15 is 0 Å². The fraction of sp³-hybridized carbons (Fsp3) is 0.542. The summed E-state index contributed by atoms with van der Waals surface area (Å²) < 4.78 is 33.7. The van der Waals surface area contributed by atoms with Gasteiger partial charge in [0.15, 0.2) is 0 Å². The van der Waals surface area contributed by atoms with Crippen LogP contribution in [-0.4, -0.2) is 32.6 Å². The zero-order chi connectivity index (χ0) is 22.3. The molecule has 3 saturated carbocycles. The Labute approximate surface area is 185 Å². The van der Waals surface area contributed by atoms with Gasteiger partial charge >= 0.3 is 5.97 Å². The van der Waals surface area contributed by atoms with Crippen molar-refractivity contribution in [2.45, 2.75) is 57.4 Å². The second-order valence-corrected chi connectivity index (χ2v) is 10.2. The minimum absolute atomic E-state index is 0.0401. The number of sulfonamides is 1. The van der Waals surface area contributed by atoms with Gasteiger partial charge in [0, 0.05) is 17.9 Å². The molecule has 0 heterocycles. The topological polar surface area (TPSA) is 92.7 Å². The zero-order valence-electron chi connectivity index (χ0n) is 18.1. The second kappa shape index (κ2) is 11.0. The number of carbonyl (C=O) groups is 1. The number of unbranched alkanes of at least 4 members (excludes halogenated alkanes) is 1. The minimum Gasteiger partial charge on any atom is -0.497 e. The molecule has 0 aromatic heterocycles. The van der Waals surface area contributed by atoms with Crippen LogP contribution in [0.1, 0.15) is 56.9 Å². The quantitative estimate of drug-likeness (QED) is 0.382. The summed E-state index contributed by atoms with van der Waals surface area (Å²) in [6, 6.07) is 7.22. The van der Waals surface area contributed by atoms with Crippen LogP contribution in [0.3, 0.4) is 0 Å². The maximum absolute atomic E-state index is 12.8. The number of methoxy groups -OCH3 is 1. The first-order valence-corrected chi connectivity index (χ1v) is 12.6. The molecule has 2 bridgehead atoms. The van der Waals surface area contributed by atoms with Crippen molar-refractivity contribution in [1.82, 2.24) is 4.72 Å². The molecule has 3 fully saturated rings. The molecular weight excluding hydrogens is 414 g/mol. The number of fused-ring (bicyclic) bond motifs is 3. The van der Waals surface area contributed by atoms with Gasteiger partial charge in [0.1, 0.15) is 5.75 Å². The number of carboxylic acid groups (broad SMARTS) is 1. The number of hydrogen-bond acceptors (Lipinski definition) is 4. The molecule has 0 spiro atoms. The Morgan fingerprint density at radius 1 is 1.13 bits per heavy atom. The summed E-state index contributed by atoms with van der Waals surface area (Å²) in [7, 11) is -1.95. The first kappa shape index (κ1) is 23.5. The van der Waals surface area contributed by atoms with Gasteiger partial charge in [-0.1, -0.05) is 24.3 Å². The molecule has 0 radical (unpaired) electrons. The van der Waals surface area contributed by atoms with Crippen molar-refractivity contribution < 1.29 is 23.1 Å². The number of aliphatic carboxylic acids is 1. The molecule has 4 rings (SSSR count). The zero-order valence-corrected chi connectivity index (χ0v) is 18.9. The van der Waals surface area contributed by atoms with Gasteiger partial charge in [-0.3, -0.25) is 4.79 Å². The van der Waals surface area contributed by atoms with E-state index in [0.717, 1.165) is 37.0 Å². The van der Waals surface area contributed by atoms with Crippen LogP contribution in [-0.2, 0) is 14.8 Å². The Hall–Kier alpha value is -2.12. The molecule has 0 saturated heterocycles. The smallest absolute Gasteiger partial charge is 0.303 e. The fourth-order valence-corrected chi connectivity index (χ4v) is 6.11. The Morgan fingerprint density at radius 3 is 2.45 bits per heavy atom. The molecule has 3 aliphatic carbocycles. The van der Waals surface area contributed by atoms with Crippen LogP contribution in [0, 0.1) is 17.8 Å². The number of carboxylic acids is 1. The van der Waals surface area contributed by atoms with Crippen molar-refractivity contribution in [2.24, 2.45) is 17.8 Å². The summed E-state index contributed by atoms with van der Waals surface area (Å²) in [5.74, 6) is 1.20. The van der Waals surface area contributed by atoms with Crippen molar-refractivity contribution in [3.8, 4) is 5.75 Å². The van der Waals surface area contributed by atoms with Gasteiger partial charge in [-0.15, -0.1) is 0 Å². The first-order chi connectivity index (χ1) is 14.9. The van der Waals surface area contributed by atoms with E-state index in [-0.39, 0.29) is 12.5 Å². The third-order valence-corrected chi connectivity index (χ3v) is 7.68. The summed E-state index contributed by atoms with van der Waals surface area (Å²) in [6.07, 6.45) is 12.7. The van der Waals surface area contributed by atoms with Crippen molar-refractivity contribution >= 4 is 22.1 Å². The number of benzene rings is 1. The molecule has 0 aliphatic heterocycles. The predicted molar refractivity (Wildman–Crippen MR) is 122 cm³/mol. The van der Waals surface area contributed by atoms with Gasteiger partial charge < -0.3 is 9.84 Å².